The van der Waals surface area contributed by atoms with E-state index in [2.05, 4.69) is 10.2 Å². The molecule has 2 rings (SSSR count). The highest BCUT2D eigenvalue weighted by Crippen LogP contribution is 2.18. The number of benzene rings is 1. The van der Waals surface area contributed by atoms with Gasteiger partial charge in [-0.05, 0) is 25.1 Å². The van der Waals surface area contributed by atoms with Gasteiger partial charge in [0.2, 0.25) is 0 Å². The number of rotatable bonds is 4. The molecule has 100 valence electrons. The topological polar surface area (TPSA) is 47.8 Å². The van der Waals surface area contributed by atoms with E-state index in [0.717, 1.165) is 18.0 Å². The van der Waals surface area contributed by atoms with Crippen molar-refractivity contribution in [2.75, 3.05) is 5.75 Å². The van der Waals surface area contributed by atoms with Gasteiger partial charge in [0.15, 0.2) is 22.6 Å². The molecule has 0 aliphatic rings. The first-order chi connectivity index (χ1) is 8.99. The number of aromatic nitrogens is 3. The van der Waals surface area contributed by atoms with Crippen molar-refractivity contribution in [3.8, 4) is 0 Å². The van der Waals surface area contributed by atoms with Crippen LogP contribution in [0.2, 0.25) is 0 Å². The van der Waals surface area contributed by atoms with Gasteiger partial charge in [0.1, 0.15) is 5.82 Å². The largest absolute Gasteiger partial charge is 0.309 e. The Labute approximate surface area is 112 Å². The fourth-order valence-corrected chi connectivity index (χ4v) is 2.25. The van der Waals surface area contributed by atoms with E-state index in [1.807, 2.05) is 0 Å². The lowest BCUT2D eigenvalue weighted by Crippen LogP contribution is -2.05. The summed E-state index contributed by atoms with van der Waals surface area (Å²) in [5.74, 6) is -1.44. The van der Waals surface area contributed by atoms with Gasteiger partial charge >= 0.3 is 0 Å². The fourth-order valence-electron chi connectivity index (χ4n) is 1.40. The number of carbonyl (C=O) groups excluding carboxylic acids is 1. The zero-order chi connectivity index (χ0) is 14.0. The molecule has 0 fully saturated rings. The molecule has 1 heterocycles. The molecule has 4 nitrogen and oxygen atoms in total. The van der Waals surface area contributed by atoms with Crippen LogP contribution in [0, 0.1) is 18.6 Å². The molecule has 1 aromatic carbocycles. The average Bonchev–Trinajstić information content (AvgIpc) is 2.70. The monoisotopic (exact) mass is 283 g/mol. The Kier molecular flexibility index (Phi) is 3.94. The Morgan fingerprint density at radius 3 is 2.63 bits per heavy atom. The van der Waals surface area contributed by atoms with Crippen LogP contribution in [-0.2, 0) is 7.05 Å². The number of halogens is 2. The summed E-state index contributed by atoms with van der Waals surface area (Å²) in [6.45, 7) is 1.80. The number of ketones is 1. The summed E-state index contributed by atoms with van der Waals surface area (Å²) in [7, 11) is 1.79. The predicted molar refractivity (Wildman–Crippen MR) is 67.2 cm³/mol. The molecular weight excluding hydrogens is 272 g/mol. The van der Waals surface area contributed by atoms with Crippen LogP contribution in [-0.4, -0.2) is 26.3 Å². The molecule has 0 unspecified atom stereocenters. The van der Waals surface area contributed by atoms with Crippen molar-refractivity contribution < 1.29 is 13.6 Å². The van der Waals surface area contributed by atoms with Crippen LogP contribution >= 0.6 is 11.8 Å². The number of nitrogens with zero attached hydrogens (tertiary/aromatic N) is 3. The summed E-state index contributed by atoms with van der Waals surface area (Å²) >= 11 is 1.20. The van der Waals surface area contributed by atoms with Gasteiger partial charge < -0.3 is 4.57 Å². The molecule has 0 atom stereocenters. The summed E-state index contributed by atoms with van der Waals surface area (Å²) < 4.78 is 27.5. The highest BCUT2D eigenvalue weighted by Gasteiger charge is 2.12. The van der Waals surface area contributed by atoms with Crippen molar-refractivity contribution in [3.63, 3.8) is 0 Å². The van der Waals surface area contributed by atoms with E-state index in [1.165, 1.54) is 17.8 Å². The molecule has 0 aliphatic carbocycles. The zero-order valence-corrected chi connectivity index (χ0v) is 11.2. The maximum Gasteiger partial charge on any atom is 0.191 e. The maximum atomic E-state index is 13.0. The highest BCUT2D eigenvalue weighted by molar-refractivity contribution is 7.99. The molecule has 0 aliphatic heterocycles. The van der Waals surface area contributed by atoms with Crippen molar-refractivity contribution >= 4 is 17.5 Å². The van der Waals surface area contributed by atoms with Crippen LogP contribution in [0.4, 0.5) is 8.78 Å². The molecular formula is C12H11F2N3OS. The van der Waals surface area contributed by atoms with Crippen molar-refractivity contribution in [2.24, 2.45) is 7.05 Å². The molecule has 19 heavy (non-hydrogen) atoms. The quantitative estimate of drug-likeness (QED) is 0.638. The number of thioether (sulfide) groups is 1. The van der Waals surface area contributed by atoms with E-state index in [0.29, 0.717) is 5.16 Å². The van der Waals surface area contributed by atoms with Gasteiger partial charge in [-0.2, -0.15) is 0 Å². The lowest BCUT2D eigenvalue weighted by atomic mass is 10.1. The smallest absolute Gasteiger partial charge is 0.191 e. The van der Waals surface area contributed by atoms with Crippen LogP contribution in [0.5, 0.6) is 0 Å². The minimum Gasteiger partial charge on any atom is -0.309 e. The first-order valence-electron chi connectivity index (χ1n) is 5.46. The number of aryl methyl sites for hydroxylation is 1. The van der Waals surface area contributed by atoms with Crippen molar-refractivity contribution in [1.29, 1.82) is 0 Å². The van der Waals surface area contributed by atoms with E-state index < -0.39 is 11.6 Å². The van der Waals surface area contributed by atoms with Crippen LogP contribution in [0.1, 0.15) is 16.2 Å². The third kappa shape index (κ3) is 2.98. The minimum atomic E-state index is -1.02. The Balaban J connectivity index is 2.05. The number of Topliss-reactive ketones (excluding diaryl/α,β-unsaturated/α-hetero) is 1. The minimum absolute atomic E-state index is 0.0943. The van der Waals surface area contributed by atoms with Gasteiger partial charge in [-0.25, -0.2) is 8.78 Å². The highest BCUT2D eigenvalue weighted by atomic mass is 32.2. The van der Waals surface area contributed by atoms with Crippen molar-refractivity contribution in [3.05, 3.63) is 41.2 Å². The van der Waals surface area contributed by atoms with Gasteiger partial charge in [-0.1, -0.05) is 11.8 Å². The summed E-state index contributed by atoms with van der Waals surface area (Å²) in [6, 6.07) is 3.11. The molecule has 0 bridgehead atoms. The first-order valence-corrected chi connectivity index (χ1v) is 6.44. The molecule has 0 N–H and O–H groups in total. The number of hydrogen-bond acceptors (Lipinski definition) is 4. The van der Waals surface area contributed by atoms with Crippen LogP contribution in [0.3, 0.4) is 0 Å². The summed E-state index contributed by atoms with van der Waals surface area (Å²) in [5, 5.41) is 8.37. The Morgan fingerprint density at radius 1 is 1.32 bits per heavy atom. The van der Waals surface area contributed by atoms with Crippen LogP contribution in [0.15, 0.2) is 23.4 Å². The number of hydrogen-bond donors (Lipinski definition) is 0. The van der Waals surface area contributed by atoms with Gasteiger partial charge in [-0.3, -0.25) is 4.79 Å². The van der Waals surface area contributed by atoms with Gasteiger partial charge in [0.05, 0.1) is 5.75 Å². The Morgan fingerprint density at radius 2 is 2.05 bits per heavy atom. The lowest BCUT2D eigenvalue weighted by molar-refractivity contribution is 0.102. The van der Waals surface area contributed by atoms with E-state index in [9.17, 15) is 13.6 Å². The van der Waals surface area contributed by atoms with Crippen molar-refractivity contribution in [2.45, 2.75) is 12.1 Å². The third-order valence-corrected chi connectivity index (χ3v) is 3.65. The summed E-state index contributed by atoms with van der Waals surface area (Å²) in [4.78, 5) is 11.8. The molecule has 1 aromatic heterocycles. The van der Waals surface area contributed by atoms with Gasteiger partial charge in [0, 0.05) is 12.6 Å². The van der Waals surface area contributed by atoms with Crippen LogP contribution in [0.25, 0.3) is 0 Å². The number of carbonyl (C=O) groups is 1. The standard InChI is InChI=1S/C12H11F2N3OS/c1-7-15-16-12(17(7)2)19-6-11(18)8-3-4-9(13)10(14)5-8/h3-5H,6H2,1-2H3. The molecule has 7 heteroatoms. The van der Waals surface area contributed by atoms with Gasteiger partial charge in [0.25, 0.3) is 0 Å². The van der Waals surface area contributed by atoms with E-state index in [-0.39, 0.29) is 17.1 Å². The SMILES string of the molecule is Cc1nnc(SCC(=O)c2ccc(F)c(F)c2)n1C. The first kappa shape index (κ1) is 13.7. The summed E-state index contributed by atoms with van der Waals surface area (Å²) in [5.41, 5.74) is 0.144. The normalized spacial score (nSPS) is 10.7. The van der Waals surface area contributed by atoms with Crippen molar-refractivity contribution in [1.82, 2.24) is 14.8 Å². The van der Waals surface area contributed by atoms with E-state index in [1.54, 1.807) is 18.5 Å². The van der Waals surface area contributed by atoms with E-state index in [4.69, 9.17) is 0 Å². The third-order valence-electron chi connectivity index (χ3n) is 2.63. The second-order valence-electron chi connectivity index (χ2n) is 3.93. The Bertz CT molecular complexity index is 627. The molecule has 0 saturated heterocycles. The molecule has 0 saturated carbocycles. The second kappa shape index (κ2) is 5.48. The van der Waals surface area contributed by atoms with Crippen LogP contribution < -0.4 is 0 Å². The molecule has 0 spiro atoms. The molecule has 2 aromatic rings. The average molecular weight is 283 g/mol. The fraction of sp³-hybridized carbons (Fsp3) is 0.250. The van der Waals surface area contributed by atoms with Gasteiger partial charge in [-0.15, -0.1) is 10.2 Å². The van der Waals surface area contributed by atoms with E-state index >= 15 is 0 Å². The predicted octanol–water partition coefficient (Wildman–Crippen LogP) is 2.38. The maximum absolute atomic E-state index is 13.0. The summed E-state index contributed by atoms with van der Waals surface area (Å²) in [6.07, 6.45) is 0. The lowest BCUT2D eigenvalue weighted by Gasteiger charge is -2.02. The zero-order valence-electron chi connectivity index (χ0n) is 10.4. The molecule has 0 radical (unpaired) electrons. The second-order valence-corrected chi connectivity index (χ2v) is 4.87. The molecule has 0 amide bonds. The Hall–Kier alpha value is -1.76.